The zero-order valence-corrected chi connectivity index (χ0v) is 15.4. The smallest absolute Gasteiger partial charge is 0.247 e. The number of anilines is 5. The fourth-order valence-electron chi connectivity index (χ4n) is 2.30. The summed E-state index contributed by atoms with van der Waals surface area (Å²) in [5.41, 5.74) is 3.17. The van der Waals surface area contributed by atoms with Gasteiger partial charge in [-0.2, -0.15) is 4.98 Å². The molecule has 6 nitrogen and oxygen atoms in total. The SMILES string of the molecule is C=CC(=O)Nc1cccc(Nc2nc(Nc3ccc(Cl)cc3)ncc2C)c1. The van der Waals surface area contributed by atoms with E-state index >= 15 is 0 Å². The van der Waals surface area contributed by atoms with Crippen LogP contribution >= 0.6 is 11.6 Å². The molecule has 0 bridgehead atoms. The van der Waals surface area contributed by atoms with Crippen molar-refractivity contribution in [3.05, 3.63) is 78.0 Å². The van der Waals surface area contributed by atoms with E-state index in [-0.39, 0.29) is 5.91 Å². The summed E-state index contributed by atoms with van der Waals surface area (Å²) < 4.78 is 0. The first kappa shape index (κ1) is 18.4. The molecule has 0 spiro atoms. The van der Waals surface area contributed by atoms with Crippen LogP contribution in [0.5, 0.6) is 0 Å². The molecule has 0 saturated heterocycles. The summed E-state index contributed by atoms with van der Waals surface area (Å²) in [7, 11) is 0. The molecule has 0 radical (unpaired) electrons. The third-order valence-corrected chi connectivity index (χ3v) is 3.90. The molecule has 0 fully saturated rings. The maximum Gasteiger partial charge on any atom is 0.247 e. The number of carbonyl (C=O) groups excluding carboxylic acids is 1. The highest BCUT2D eigenvalue weighted by Gasteiger charge is 2.06. The van der Waals surface area contributed by atoms with Crippen molar-refractivity contribution in [1.29, 1.82) is 0 Å². The maximum absolute atomic E-state index is 11.5. The Morgan fingerprint density at radius 3 is 2.56 bits per heavy atom. The molecule has 0 atom stereocenters. The van der Waals surface area contributed by atoms with E-state index in [0.29, 0.717) is 22.5 Å². The fourth-order valence-corrected chi connectivity index (χ4v) is 2.42. The fraction of sp³-hybridized carbons (Fsp3) is 0.0500. The van der Waals surface area contributed by atoms with Gasteiger partial charge in [0.2, 0.25) is 11.9 Å². The maximum atomic E-state index is 11.5. The third-order valence-electron chi connectivity index (χ3n) is 3.65. The lowest BCUT2D eigenvalue weighted by molar-refractivity contribution is -0.111. The third kappa shape index (κ3) is 5.05. The summed E-state index contributed by atoms with van der Waals surface area (Å²) >= 11 is 5.90. The van der Waals surface area contributed by atoms with E-state index in [1.807, 2.05) is 37.3 Å². The summed E-state index contributed by atoms with van der Waals surface area (Å²) in [6.45, 7) is 5.36. The van der Waals surface area contributed by atoms with Gasteiger partial charge in [-0.25, -0.2) is 4.98 Å². The molecule has 3 N–H and O–H groups in total. The van der Waals surface area contributed by atoms with Gasteiger partial charge in [0.15, 0.2) is 0 Å². The molecule has 0 aliphatic rings. The molecular formula is C20H18ClN5O. The first-order valence-electron chi connectivity index (χ1n) is 8.20. The summed E-state index contributed by atoms with van der Waals surface area (Å²) in [5.74, 6) is 0.856. The van der Waals surface area contributed by atoms with Gasteiger partial charge < -0.3 is 16.0 Å². The van der Waals surface area contributed by atoms with Crippen LogP contribution in [0.1, 0.15) is 5.56 Å². The molecule has 1 amide bonds. The van der Waals surface area contributed by atoms with Gasteiger partial charge >= 0.3 is 0 Å². The number of benzene rings is 2. The van der Waals surface area contributed by atoms with Gasteiger partial charge in [0.05, 0.1) is 0 Å². The van der Waals surface area contributed by atoms with Crippen LogP contribution in [0.3, 0.4) is 0 Å². The number of aryl methyl sites for hydroxylation is 1. The van der Waals surface area contributed by atoms with Crippen molar-refractivity contribution < 1.29 is 4.79 Å². The van der Waals surface area contributed by atoms with Crippen molar-refractivity contribution in [2.24, 2.45) is 0 Å². The highest BCUT2D eigenvalue weighted by Crippen LogP contribution is 2.23. The Hall–Kier alpha value is -3.38. The highest BCUT2D eigenvalue weighted by atomic mass is 35.5. The first-order chi connectivity index (χ1) is 13.0. The molecule has 3 rings (SSSR count). The van der Waals surface area contributed by atoms with Gasteiger partial charge in [-0.15, -0.1) is 0 Å². The van der Waals surface area contributed by atoms with Crippen LogP contribution in [0.25, 0.3) is 0 Å². The zero-order chi connectivity index (χ0) is 19.2. The number of aromatic nitrogens is 2. The lowest BCUT2D eigenvalue weighted by Gasteiger charge is -2.12. The minimum absolute atomic E-state index is 0.264. The Labute approximate surface area is 162 Å². The summed E-state index contributed by atoms with van der Waals surface area (Å²) in [5, 5.41) is 9.78. The van der Waals surface area contributed by atoms with Crippen LogP contribution in [0.2, 0.25) is 5.02 Å². The largest absolute Gasteiger partial charge is 0.340 e. The molecule has 0 saturated carbocycles. The van der Waals surface area contributed by atoms with Crippen molar-refractivity contribution in [3.63, 3.8) is 0 Å². The molecule has 1 aromatic heterocycles. The minimum Gasteiger partial charge on any atom is -0.340 e. The van der Waals surface area contributed by atoms with Crippen LogP contribution in [0.4, 0.5) is 28.8 Å². The molecule has 2 aromatic carbocycles. The molecule has 0 aliphatic carbocycles. The van der Waals surface area contributed by atoms with E-state index in [0.717, 1.165) is 16.9 Å². The summed E-state index contributed by atoms with van der Waals surface area (Å²) in [6.07, 6.45) is 2.96. The van der Waals surface area contributed by atoms with E-state index in [2.05, 4.69) is 32.5 Å². The second-order valence-corrected chi connectivity index (χ2v) is 6.19. The number of halogens is 1. The Bertz CT molecular complexity index is 972. The lowest BCUT2D eigenvalue weighted by atomic mass is 10.2. The number of nitrogens with zero attached hydrogens (tertiary/aromatic N) is 2. The van der Waals surface area contributed by atoms with Crippen LogP contribution in [0.15, 0.2) is 67.4 Å². The molecule has 0 unspecified atom stereocenters. The Kier molecular flexibility index (Phi) is 5.68. The van der Waals surface area contributed by atoms with Crippen molar-refractivity contribution in [2.45, 2.75) is 6.92 Å². The standard InChI is InChI=1S/C20H18ClN5O/c1-3-18(27)23-16-5-4-6-17(11-16)24-19-13(2)12-22-20(26-19)25-15-9-7-14(21)8-10-15/h3-12H,1H2,2H3,(H,23,27)(H2,22,24,25,26). The first-order valence-corrected chi connectivity index (χ1v) is 8.58. The topological polar surface area (TPSA) is 78.9 Å². The minimum atomic E-state index is -0.264. The molecule has 7 heteroatoms. The molecule has 27 heavy (non-hydrogen) atoms. The van der Waals surface area contributed by atoms with Gasteiger partial charge in [0.1, 0.15) is 5.82 Å². The second-order valence-electron chi connectivity index (χ2n) is 5.76. The summed E-state index contributed by atoms with van der Waals surface area (Å²) in [4.78, 5) is 20.3. The van der Waals surface area contributed by atoms with Crippen molar-refractivity contribution in [3.8, 4) is 0 Å². The second kappa shape index (κ2) is 8.33. The normalized spacial score (nSPS) is 10.1. The van der Waals surface area contributed by atoms with E-state index in [4.69, 9.17) is 11.6 Å². The van der Waals surface area contributed by atoms with Crippen LogP contribution < -0.4 is 16.0 Å². The number of hydrogen-bond donors (Lipinski definition) is 3. The monoisotopic (exact) mass is 379 g/mol. The Morgan fingerprint density at radius 1 is 1.07 bits per heavy atom. The predicted molar refractivity (Wildman–Crippen MR) is 110 cm³/mol. The van der Waals surface area contributed by atoms with Gasteiger partial charge in [-0.05, 0) is 55.5 Å². The predicted octanol–water partition coefficient (Wildman–Crippen LogP) is 5.05. The van der Waals surface area contributed by atoms with E-state index in [9.17, 15) is 4.79 Å². The molecule has 136 valence electrons. The molecular weight excluding hydrogens is 362 g/mol. The van der Waals surface area contributed by atoms with Gasteiger partial charge in [0.25, 0.3) is 0 Å². The number of hydrogen-bond acceptors (Lipinski definition) is 5. The highest BCUT2D eigenvalue weighted by molar-refractivity contribution is 6.30. The van der Waals surface area contributed by atoms with Gasteiger partial charge in [0, 0.05) is 33.8 Å². The number of nitrogens with one attached hydrogen (secondary N) is 3. The Balaban J connectivity index is 1.78. The lowest BCUT2D eigenvalue weighted by Crippen LogP contribution is -2.07. The van der Waals surface area contributed by atoms with Crippen molar-refractivity contribution in [1.82, 2.24) is 9.97 Å². The van der Waals surface area contributed by atoms with Crippen molar-refractivity contribution in [2.75, 3.05) is 16.0 Å². The van der Waals surface area contributed by atoms with Crippen LogP contribution in [-0.2, 0) is 4.79 Å². The quantitative estimate of drug-likeness (QED) is 0.522. The Morgan fingerprint density at radius 2 is 1.81 bits per heavy atom. The zero-order valence-electron chi connectivity index (χ0n) is 14.7. The van der Waals surface area contributed by atoms with Crippen LogP contribution in [0, 0.1) is 6.92 Å². The molecule has 0 aliphatic heterocycles. The number of amides is 1. The van der Waals surface area contributed by atoms with Gasteiger partial charge in [-0.3, -0.25) is 4.79 Å². The summed E-state index contributed by atoms with van der Waals surface area (Å²) in [6, 6.07) is 14.6. The van der Waals surface area contributed by atoms with Crippen LogP contribution in [-0.4, -0.2) is 15.9 Å². The molecule has 3 aromatic rings. The number of carbonyl (C=O) groups is 1. The van der Waals surface area contributed by atoms with E-state index in [1.165, 1.54) is 6.08 Å². The molecule has 1 heterocycles. The van der Waals surface area contributed by atoms with E-state index < -0.39 is 0 Å². The van der Waals surface area contributed by atoms with E-state index in [1.54, 1.807) is 24.4 Å². The number of rotatable bonds is 6. The van der Waals surface area contributed by atoms with Gasteiger partial charge in [-0.1, -0.05) is 24.2 Å². The average Bonchev–Trinajstić information content (AvgIpc) is 2.66. The van der Waals surface area contributed by atoms with Crippen molar-refractivity contribution >= 4 is 46.3 Å². The average molecular weight is 380 g/mol.